The third-order valence-corrected chi connectivity index (χ3v) is 5.45. The lowest BCUT2D eigenvalue weighted by molar-refractivity contribution is 0.158. The number of hydrogen-bond donors (Lipinski definition) is 0. The molecule has 2 fully saturated rings. The summed E-state index contributed by atoms with van der Waals surface area (Å²) in [6, 6.07) is 0.552. The van der Waals surface area contributed by atoms with Gasteiger partial charge in [0.15, 0.2) is 5.82 Å². The molecule has 6 heteroatoms. The first-order valence-electron chi connectivity index (χ1n) is 8.65. The lowest BCUT2D eigenvalue weighted by atomic mass is 10.0. The Labute approximate surface area is 136 Å². The van der Waals surface area contributed by atoms with Crippen LogP contribution in [0.4, 0.5) is 0 Å². The predicted molar refractivity (Wildman–Crippen MR) is 86.1 cm³/mol. The molecular weight excluding hydrogens is 290 g/mol. The van der Waals surface area contributed by atoms with Gasteiger partial charge in [-0.3, -0.25) is 9.58 Å². The number of aryl methyl sites for hydroxylation is 2. The molecule has 4 rings (SSSR count). The van der Waals surface area contributed by atoms with Crippen LogP contribution in [0, 0.1) is 13.8 Å². The molecule has 0 unspecified atom stereocenters. The predicted octanol–water partition coefficient (Wildman–Crippen LogP) is 3.20. The van der Waals surface area contributed by atoms with E-state index >= 15 is 0 Å². The number of nitrogens with zero attached hydrogens (tertiary/aromatic N) is 5. The van der Waals surface area contributed by atoms with Crippen LogP contribution in [-0.4, -0.2) is 31.4 Å². The Morgan fingerprint density at radius 2 is 2.00 bits per heavy atom. The van der Waals surface area contributed by atoms with Crippen LogP contribution in [0.2, 0.25) is 0 Å². The average molecular weight is 315 g/mol. The number of likely N-dealkylation sites (tertiary alicyclic amines) is 1. The van der Waals surface area contributed by atoms with Crippen molar-refractivity contribution in [1.29, 1.82) is 0 Å². The minimum atomic E-state index is 0.154. The van der Waals surface area contributed by atoms with Gasteiger partial charge in [-0.05, 0) is 53.0 Å². The Bertz CT molecular complexity index is 715. The summed E-state index contributed by atoms with van der Waals surface area (Å²) in [7, 11) is 2.02. The van der Waals surface area contributed by atoms with Gasteiger partial charge in [-0.2, -0.15) is 10.1 Å². The van der Waals surface area contributed by atoms with Crippen molar-refractivity contribution in [3.05, 3.63) is 28.7 Å². The van der Waals surface area contributed by atoms with Gasteiger partial charge in [-0.25, -0.2) is 0 Å². The minimum Gasteiger partial charge on any atom is -0.338 e. The van der Waals surface area contributed by atoms with Crippen LogP contribution in [-0.2, 0) is 7.05 Å². The molecule has 0 radical (unpaired) electrons. The summed E-state index contributed by atoms with van der Waals surface area (Å²) in [4.78, 5) is 7.16. The summed E-state index contributed by atoms with van der Waals surface area (Å²) < 4.78 is 7.56. The maximum absolute atomic E-state index is 5.57. The topological polar surface area (TPSA) is 60.0 Å². The molecule has 2 aromatic rings. The minimum absolute atomic E-state index is 0.154. The first-order valence-corrected chi connectivity index (χ1v) is 8.65. The normalized spacial score (nSPS) is 23.6. The molecule has 1 aliphatic heterocycles. The lowest BCUT2D eigenvalue weighted by Crippen LogP contribution is -2.27. The quantitative estimate of drug-likeness (QED) is 0.867. The Kier molecular flexibility index (Phi) is 3.52. The maximum atomic E-state index is 5.57. The second-order valence-corrected chi connectivity index (χ2v) is 7.05. The summed E-state index contributed by atoms with van der Waals surface area (Å²) in [5.41, 5.74) is 3.77. The second kappa shape index (κ2) is 5.44. The van der Waals surface area contributed by atoms with Crippen molar-refractivity contribution >= 4 is 0 Å². The van der Waals surface area contributed by atoms with Crippen LogP contribution >= 0.6 is 0 Å². The van der Waals surface area contributed by atoms with Crippen LogP contribution in [0.3, 0.4) is 0 Å². The summed E-state index contributed by atoms with van der Waals surface area (Å²) in [5, 5.41) is 8.77. The molecule has 6 nitrogen and oxygen atoms in total. The SMILES string of the molecule is Cc1nn(C)c(C)c1[C@H]1CCCN1[C@@H](C)c1nc(C2CC2)no1. The Morgan fingerprint density at radius 3 is 2.65 bits per heavy atom. The van der Waals surface area contributed by atoms with E-state index in [2.05, 4.69) is 40.9 Å². The third-order valence-electron chi connectivity index (χ3n) is 5.45. The zero-order valence-corrected chi connectivity index (χ0v) is 14.4. The molecule has 0 aromatic carbocycles. The van der Waals surface area contributed by atoms with E-state index in [1.54, 1.807) is 0 Å². The Balaban J connectivity index is 1.61. The van der Waals surface area contributed by atoms with E-state index < -0.39 is 0 Å². The smallest absolute Gasteiger partial charge is 0.243 e. The van der Waals surface area contributed by atoms with E-state index in [9.17, 15) is 0 Å². The van der Waals surface area contributed by atoms with Crippen molar-refractivity contribution in [1.82, 2.24) is 24.8 Å². The highest BCUT2D eigenvalue weighted by molar-refractivity contribution is 5.29. The fourth-order valence-electron chi connectivity index (χ4n) is 3.90. The molecule has 3 heterocycles. The molecule has 1 saturated carbocycles. The monoisotopic (exact) mass is 315 g/mol. The zero-order chi connectivity index (χ0) is 16.1. The third kappa shape index (κ3) is 2.49. The summed E-state index contributed by atoms with van der Waals surface area (Å²) in [6.07, 6.45) is 4.77. The highest BCUT2D eigenvalue weighted by Crippen LogP contribution is 2.42. The molecular formula is C17H25N5O. The number of rotatable bonds is 4. The molecule has 1 saturated heterocycles. The standard InChI is InChI=1S/C17H25N5O/c1-10-15(11(2)21(4)19-10)14-6-5-9-22(14)12(3)17-18-16(20-23-17)13-7-8-13/h12-14H,5-9H2,1-4H3/t12-,14+/m0/s1. The van der Waals surface area contributed by atoms with E-state index in [1.807, 2.05) is 11.7 Å². The van der Waals surface area contributed by atoms with E-state index in [-0.39, 0.29) is 6.04 Å². The van der Waals surface area contributed by atoms with Gasteiger partial charge in [0.05, 0.1) is 11.7 Å². The first kappa shape index (κ1) is 14.9. The van der Waals surface area contributed by atoms with Gasteiger partial charge in [0, 0.05) is 30.3 Å². The lowest BCUT2D eigenvalue weighted by Gasteiger charge is -2.28. The molecule has 2 aromatic heterocycles. The largest absolute Gasteiger partial charge is 0.338 e. The number of aromatic nitrogens is 4. The van der Waals surface area contributed by atoms with E-state index in [0.29, 0.717) is 12.0 Å². The molecule has 0 spiro atoms. The Hall–Kier alpha value is -1.69. The van der Waals surface area contributed by atoms with Gasteiger partial charge in [0.25, 0.3) is 0 Å². The van der Waals surface area contributed by atoms with Crippen molar-refractivity contribution in [2.75, 3.05) is 6.54 Å². The average Bonchev–Trinajstić information content (AvgIpc) is 2.96. The van der Waals surface area contributed by atoms with Crippen LogP contribution < -0.4 is 0 Å². The van der Waals surface area contributed by atoms with Gasteiger partial charge in [-0.1, -0.05) is 5.16 Å². The van der Waals surface area contributed by atoms with E-state index in [4.69, 9.17) is 4.52 Å². The van der Waals surface area contributed by atoms with Crippen molar-refractivity contribution in [3.63, 3.8) is 0 Å². The fraction of sp³-hybridized carbons (Fsp3) is 0.706. The number of hydrogen-bond acceptors (Lipinski definition) is 5. The second-order valence-electron chi connectivity index (χ2n) is 7.05. The van der Waals surface area contributed by atoms with Gasteiger partial charge in [-0.15, -0.1) is 0 Å². The molecule has 23 heavy (non-hydrogen) atoms. The van der Waals surface area contributed by atoms with Crippen molar-refractivity contribution in [2.45, 2.75) is 64.5 Å². The van der Waals surface area contributed by atoms with Gasteiger partial charge in [0.1, 0.15) is 0 Å². The molecule has 2 aliphatic rings. The highest BCUT2D eigenvalue weighted by Gasteiger charge is 2.36. The van der Waals surface area contributed by atoms with Gasteiger partial charge < -0.3 is 4.52 Å². The van der Waals surface area contributed by atoms with Crippen LogP contribution in [0.25, 0.3) is 0 Å². The van der Waals surface area contributed by atoms with Crippen molar-refractivity contribution in [2.24, 2.45) is 7.05 Å². The van der Waals surface area contributed by atoms with E-state index in [0.717, 1.165) is 24.0 Å². The molecule has 124 valence electrons. The van der Waals surface area contributed by atoms with Gasteiger partial charge >= 0.3 is 0 Å². The van der Waals surface area contributed by atoms with Crippen LogP contribution in [0.1, 0.15) is 79.3 Å². The van der Waals surface area contributed by atoms with E-state index in [1.165, 1.54) is 36.9 Å². The van der Waals surface area contributed by atoms with Crippen molar-refractivity contribution < 1.29 is 4.52 Å². The maximum Gasteiger partial charge on any atom is 0.243 e. The van der Waals surface area contributed by atoms with Crippen molar-refractivity contribution in [3.8, 4) is 0 Å². The molecule has 0 N–H and O–H groups in total. The molecule has 0 amide bonds. The fourth-order valence-corrected chi connectivity index (χ4v) is 3.90. The summed E-state index contributed by atoms with van der Waals surface area (Å²) >= 11 is 0. The van der Waals surface area contributed by atoms with Crippen LogP contribution in [0.15, 0.2) is 4.52 Å². The molecule has 1 aliphatic carbocycles. The summed E-state index contributed by atoms with van der Waals surface area (Å²) in [5.74, 6) is 2.20. The first-order chi connectivity index (χ1) is 11.1. The van der Waals surface area contributed by atoms with Gasteiger partial charge in [0.2, 0.25) is 5.89 Å². The Morgan fingerprint density at radius 1 is 1.22 bits per heavy atom. The zero-order valence-electron chi connectivity index (χ0n) is 14.4. The molecule has 0 bridgehead atoms. The highest BCUT2D eigenvalue weighted by atomic mass is 16.5. The molecule has 2 atom stereocenters. The van der Waals surface area contributed by atoms with Crippen LogP contribution in [0.5, 0.6) is 0 Å². The summed E-state index contributed by atoms with van der Waals surface area (Å²) in [6.45, 7) is 7.53.